The summed E-state index contributed by atoms with van der Waals surface area (Å²) in [5, 5.41) is 2.58. The van der Waals surface area contributed by atoms with Gasteiger partial charge in [0.25, 0.3) is 0 Å². The Morgan fingerprint density at radius 1 is 1.12 bits per heavy atom. The van der Waals surface area contributed by atoms with Crippen LogP contribution in [0.25, 0.3) is 16.8 Å². The summed E-state index contributed by atoms with van der Waals surface area (Å²) in [5.74, 6) is 0. The molecule has 1 nitrogen and oxygen atoms in total. The maximum atomic E-state index is 5.71. The van der Waals surface area contributed by atoms with Crippen LogP contribution < -0.4 is 5.73 Å². The molecule has 0 heterocycles. The summed E-state index contributed by atoms with van der Waals surface area (Å²) in [6, 6.07) is 14.8. The first-order valence-electron chi connectivity index (χ1n) is 5.72. The molecule has 0 spiro atoms. The van der Waals surface area contributed by atoms with Crippen LogP contribution in [0.2, 0.25) is 0 Å². The summed E-state index contributed by atoms with van der Waals surface area (Å²) in [7, 11) is 0. The number of hydrogen-bond donors (Lipinski definition) is 1. The molecule has 0 aliphatic rings. The van der Waals surface area contributed by atoms with Gasteiger partial charge in [-0.25, -0.2) is 0 Å². The predicted octanol–water partition coefficient (Wildman–Crippen LogP) is 3.59. The third kappa shape index (κ3) is 2.15. The van der Waals surface area contributed by atoms with Crippen molar-refractivity contribution in [3.05, 3.63) is 53.6 Å². The van der Waals surface area contributed by atoms with Gasteiger partial charge in [-0.05, 0) is 22.8 Å². The molecule has 1 heteroatoms. The highest BCUT2D eigenvalue weighted by atomic mass is 14.5. The molecule has 82 valence electrons. The molecule has 0 bridgehead atoms. The van der Waals surface area contributed by atoms with Gasteiger partial charge in [-0.15, -0.1) is 0 Å². The van der Waals surface area contributed by atoms with E-state index in [1.54, 1.807) is 0 Å². The van der Waals surface area contributed by atoms with Crippen LogP contribution in [0.1, 0.15) is 18.9 Å². The van der Waals surface area contributed by atoms with Gasteiger partial charge in [0.15, 0.2) is 0 Å². The van der Waals surface area contributed by atoms with Gasteiger partial charge in [0.05, 0.1) is 0 Å². The lowest BCUT2D eigenvalue weighted by molar-refractivity contribution is 1.02. The van der Waals surface area contributed by atoms with Crippen molar-refractivity contribution in [2.24, 2.45) is 5.73 Å². The molecule has 0 fully saturated rings. The SMILES string of the molecule is CCC(=Cc1cccc2ccccc12)CN. The summed E-state index contributed by atoms with van der Waals surface area (Å²) in [5.41, 5.74) is 8.26. The fraction of sp³-hybridized carbons (Fsp3) is 0.200. The van der Waals surface area contributed by atoms with Crippen molar-refractivity contribution in [1.29, 1.82) is 0 Å². The van der Waals surface area contributed by atoms with E-state index in [2.05, 4.69) is 55.5 Å². The van der Waals surface area contributed by atoms with Crippen molar-refractivity contribution < 1.29 is 0 Å². The van der Waals surface area contributed by atoms with Crippen molar-refractivity contribution in [3.63, 3.8) is 0 Å². The molecule has 2 aromatic carbocycles. The van der Waals surface area contributed by atoms with Gasteiger partial charge in [-0.2, -0.15) is 0 Å². The van der Waals surface area contributed by atoms with Crippen LogP contribution in [0.4, 0.5) is 0 Å². The molecule has 0 radical (unpaired) electrons. The van der Waals surface area contributed by atoms with Crippen LogP contribution in [0.5, 0.6) is 0 Å². The lowest BCUT2D eigenvalue weighted by Crippen LogP contribution is -2.01. The average Bonchev–Trinajstić information content (AvgIpc) is 2.36. The minimum Gasteiger partial charge on any atom is -0.327 e. The van der Waals surface area contributed by atoms with Gasteiger partial charge in [-0.3, -0.25) is 0 Å². The normalized spacial score (nSPS) is 12.0. The van der Waals surface area contributed by atoms with E-state index in [0.717, 1.165) is 6.42 Å². The van der Waals surface area contributed by atoms with Gasteiger partial charge < -0.3 is 5.73 Å². The van der Waals surface area contributed by atoms with Gasteiger partial charge in [0.1, 0.15) is 0 Å². The zero-order chi connectivity index (χ0) is 11.4. The largest absolute Gasteiger partial charge is 0.327 e. The summed E-state index contributed by atoms with van der Waals surface area (Å²) >= 11 is 0. The second kappa shape index (κ2) is 4.95. The summed E-state index contributed by atoms with van der Waals surface area (Å²) in [6.07, 6.45) is 3.22. The van der Waals surface area contributed by atoms with Crippen molar-refractivity contribution in [1.82, 2.24) is 0 Å². The molecule has 16 heavy (non-hydrogen) atoms. The Labute approximate surface area is 96.6 Å². The van der Waals surface area contributed by atoms with Crippen LogP contribution >= 0.6 is 0 Å². The van der Waals surface area contributed by atoms with Crippen LogP contribution in [0, 0.1) is 0 Å². The molecule has 0 unspecified atom stereocenters. The Balaban J connectivity index is 2.56. The van der Waals surface area contributed by atoms with Crippen molar-refractivity contribution in [2.45, 2.75) is 13.3 Å². The van der Waals surface area contributed by atoms with E-state index in [4.69, 9.17) is 5.73 Å². The Hall–Kier alpha value is -1.60. The van der Waals surface area contributed by atoms with E-state index in [9.17, 15) is 0 Å². The molecule has 2 N–H and O–H groups in total. The topological polar surface area (TPSA) is 26.0 Å². The minimum absolute atomic E-state index is 0.639. The average molecular weight is 211 g/mol. The number of fused-ring (bicyclic) bond motifs is 1. The Morgan fingerprint density at radius 2 is 1.88 bits per heavy atom. The van der Waals surface area contributed by atoms with Crippen LogP contribution in [0.3, 0.4) is 0 Å². The molecule has 0 amide bonds. The van der Waals surface area contributed by atoms with Crippen molar-refractivity contribution in [3.8, 4) is 0 Å². The second-order valence-corrected chi connectivity index (χ2v) is 3.93. The second-order valence-electron chi connectivity index (χ2n) is 3.93. The van der Waals surface area contributed by atoms with Crippen molar-refractivity contribution in [2.75, 3.05) is 6.54 Å². The first-order chi connectivity index (χ1) is 7.85. The lowest BCUT2D eigenvalue weighted by atomic mass is 10.0. The molecular formula is C15H17N. The van der Waals surface area contributed by atoms with E-state index < -0.39 is 0 Å². The molecular weight excluding hydrogens is 194 g/mol. The highest BCUT2D eigenvalue weighted by molar-refractivity contribution is 5.90. The molecule has 0 saturated heterocycles. The minimum atomic E-state index is 0.639. The fourth-order valence-electron chi connectivity index (χ4n) is 1.90. The maximum absolute atomic E-state index is 5.71. The smallest absolute Gasteiger partial charge is 0.0140 e. The highest BCUT2D eigenvalue weighted by Gasteiger charge is 1.98. The number of rotatable bonds is 3. The van der Waals surface area contributed by atoms with E-state index >= 15 is 0 Å². The fourth-order valence-corrected chi connectivity index (χ4v) is 1.90. The number of hydrogen-bond acceptors (Lipinski definition) is 1. The summed E-state index contributed by atoms with van der Waals surface area (Å²) in [4.78, 5) is 0. The third-order valence-electron chi connectivity index (χ3n) is 2.90. The molecule has 2 aromatic rings. The number of nitrogens with two attached hydrogens (primary N) is 1. The predicted molar refractivity (Wildman–Crippen MR) is 71.3 cm³/mol. The molecule has 0 saturated carbocycles. The molecule has 0 aromatic heterocycles. The Kier molecular flexibility index (Phi) is 3.37. The highest BCUT2D eigenvalue weighted by Crippen LogP contribution is 2.21. The molecule has 0 aliphatic heterocycles. The van der Waals surface area contributed by atoms with Gasteiger partial charge in [0.2, 0.25) is 0 Å². The first kappa shape index (κ1) is 10.9. The Morgan fingerprint density at radius 3 is 2.62 bits per heavy atom. The third-order valence-corrected chi connectivity index (χ3v) is 2.90. The quantitative estimate of drug-likeness (QED) is 0.825. The molecule has 2 rings (SSSR count). The van der Waals surface area contributed by atoms with E-state index in [1.807, 2.05) is 0 Å². The van der Waals surface area contributed by atoms with Gasteiger partial charge in [-0.1, -0.05) is 61.0 Å². The first-order valence-corrected chi connectivity index (χ1v) is 5.72. The van der Waals surface area contributed by atoms with Gasteiger partial charge >= 0.3 is 0 Å². The zero-order valence-corrected chi connectivity index (χ0v) is 9.61. The van der Waals surface area contributed by atoms with E-state index in [1.165, 1.54) is 21.9 Å². The Bertz CT molecular complexity index is 500. The zero-order valence-electron chi connectivity index (χ0n) is 9.61. The van der Waals surface area contributed by atoms with Crippen LogP contribution in [-0.4, -0.2) is 6.54 Å². The van der Waals surface area contributed by atoms with Crippen LogP contribution in [-0.2, 0) is 0 Å². The number of benzene rings is 2. The maximum Gasteiger partial charge on any atom is 0.0140 e. The lowest BCUT2D eigenvalue weighted by Gasteiger charge is -2.04. The van der Waals surface area contributed by atoms with Gasteiger partial charge in [0, 0.05) is 6.54 Å². The monoisotopic (exact) mass is 211 g/mol. The van der Waals surface area contributed by atoms with E-state index in [-0.39, 0.29) is 0 Å². The molecule has 0 aliphatic carbocycles. The van der Waals surface area contributed by atoms with Crippen molar-refractivity contribution >= 4 is 16.8 Å². The summed E-state index contributed by atoms with van der Waals surface area (Å²) < 4.78 is 0. The van der Waals surface area contributed by atoms with E-state index in [0.29, 0.717) is 6.54 Å². The standard InChI is InChI=1S/C15H17N/c1-2-12(11-16)10-14-8-5-7-13-6-3-4-9-15(13)14/h3-10H,2,11,16H2,1H3. The van der Waals surface area contributed by atoms with Crippen LogP contribution in [0.15, 0.2) is 48.0 Å². The summed E-state index contributed by atoms with van der Waals surface area (Å²) in [6.45, 7) is 2.78. The molecule has 0 atom stereocenters.